The summed E-state index contributed by atoms with van der Waals surface area (Å²) in [7, 11) is -3.77. The lowest BCUT2D eigenvalue weighted by atomic mass is 10.1. The number of sulfonamides is 1. The van der Waals surface area contributed by atoms with Gasteiger partial charge in [-0.15, -0.1) is 0 Å². The van der Waals surface area contributed by atoms with E-state index in [0.29, 0.717) is 5.02 Å². The summed E-state index contributed by atoms with van der Waals surface area (Å²) in [4.78, 5) is 24.1. The van der Waals surface area contributed by atoms with Crippen molar-refractivity contribution in [2.45, 2.75) is 11.3 Å². The normalized spacial score (nSPS) is 10.9. The lowest BCUT2D eigenvalue weighted by Gasteiger charge is -2.07. The van der Waals surface area contributed by atoms with Gasteiger partial charge in [0.25, 0.3) is 0 Å². The van der Waals surface area contributed by atoms with Gasteiger partial charge in [0.05, 0.1) is 26.6 Å². The van der Waals surface area contributed by atoms with Crippen molar-refractivity contribution in [3.05, 3.63) is 63.6 Å². The van der Waals surface area contributed by atoms with E-state index in [4.69, 9.17) is 33.2 Å². The second-order valence-electron chi connectivity index (χ2n) is 5.46. The number of ether oxygens (including phenoxy) is 1. The predicted molar refractivity (Wildman–Crippen MR) is 103 cm³/mol. The molecule has 1 N–H and O–H groups in total. The lowest BCUT2D eigenvalue weighted by Crippen LogP contribution is -2.24. The molecule has 0 fully saturated rings. The van der Waals surface area contributed by atoms with Gasteiger partial charge < -0.3 is 4.74 Å². The monoisotopic (exact) mass is 440 g/mol. The molecule has 2 rings (SSSR count). The number of hydrogen-bond donors (Lipinski definition) is 1. The number of hydrogen-bond acceptors (Lipinski definition) is 6. The molecule has 2 aromatic carbocycles. The number of rotatable bonds is 8. The highest BCUT2D eigenvalue weighted by molar-refractivity contribution is 7.89. The van der Waals surface area contributed by atoms with Crippen LogP contribution in [0.4, 0.5) is 0 Å². The maximum absolute atomic E-state index is 12.1. The fourth-order valence-electron chi connectivity index (χ4n) is 2.06. The van der Waals surface area contributed by atoms with Gasteiger partial charge in [0.1, 0.15) is 0 Å². The van der Waals surface area contributed by atoms with Crippen LogP contribution in [-0.2, 0) is 14.8 Å². The molecule has 146 valence electrons. The quantitative estimate of drug-likeness (QED) is 0.382. The molecule has 7 nitrogen and oxygen atoms in total. The van der Waals surface area contributed by atoms with Gasteiger partial charge in [0.2, 0.25) is 10.0 Å². The first kappa shape index (κ1) is 21.9. The molecule has 0 unspecified atom stereocenters. The maximum Gasteiger partial charge on any atom is 0.338 e. The molecule has 0 amide bonds. The molecule has 0 aliphatic heterocycles. The molecule has 2 aromatic rings. The Kier molecular flexibility index (Phi) is 7.54. The SMILES string of the molecule is N#CCCNS(=O)(=O)c1ccc(C(=O)OCC(=O)c2ccc(Cl)c(Cl)c2)cc1. The molecule has 0 saturated carbocycles. The molecule has 0 heterocycles. The Labute approximate surface area is 171 Å². The van der Waals surface area contributed by atoms with Crippen molar-refractivity contribution < 1.29 is 22.7 Å². The first-order valence-electron chi connectivity index (χ1n) is 7.86. The van der Waals surface area contributed by atoms with E-state index in [2.05, 4.69) is 4.72 Å². The molecule has 10 heteroatoms. The Bertz CT molecular complexity index is 1030. The van der Waals surface area contributed by atoms with Gasteiger partial charge in [0, 0.05) is 18.5 Å². The van der Waals surface area contributed by atoms with Crippen LogP contribution >= 0.6 is 23.2 Å². The van der Waals surface area contributed by atoms with Crippen LogP contribution in [0, 0.1) is 11.3 Å². The molecule has 0 bridgehead atoms. The highest BCUT2D eigenvalue weighted by atomic mass is 35.5. The van der Waals surface area contributed by atoms with Crippen LogP contribution in [0.5, 0.6) is 0 Å². The molecular formula is C18H14Cl2N2O5S. The average molecular weight is 441 g/mol. The minimum Gasteiger partial charge on any atom is -0.454 e. The van der Waals surface area contributed by atoms with Crippen LogP contribution in [0.15, 0.2) is 47.4 Å². The van der Waals surface area contributed by atoms with Gasteiger partial charge in [-0.1, -0.05) is 23.2 Å². The summed E-state index contributed by atoms with van der Waals surface area (Å²) in [6.45, 7) is -0.522. The Balaban J connectivity index is 1.98. The predicted octanol–water partition coefficient (Wildman–Crippen LogP) is 3.23. The van der Waals surface area contributed by atoms with Crippen LogP contribution in [-0.4, -0.2) is 33.3 Å². The van der Waals surface area contributed by atoms with E-state index >= 15 is 0 Å². The number of halogens is 2. The molecule has 0 atom stereocenters. The standard InChI is InChI=1S/C18H14Cl2N2O5S/c19-15-7-4-13(10-16(15)20)17(23)11-27-18(24)12-2-5-14(6-3-12)28(25,26)22-9-1-8-21/h2-7,10,22H,1,9,11H2. The van der Waals surface area contributed by atoms with Gasteiger partial charge in [-0.25, -0.2) is 17.9 Å². The number of nitriles is 1. The number of ketones is 1. The third-order valence-electron chi connectivity index (χ3n) is 3.51. The van der Waals surface area contributed by atoms with Crippen molar-refractivity contribution in [1.29, 1.82) is 5.26 Å². The van der Waals surface area contributed by atoms with E-state index in [1.54, 1.807) is 0 Å². The topological polar surface area (TPSA) is 113 Å². The van der Waals surface area contributed by atoms with Gasteiger partial charge in [0.15, 0.2) is 12.4 Å². The zero-order valence-corrected chi connectivity index (χ0v) is 16.6. The minimum absolute atomic E-state index is 0.0144. The maximum atomic E-state index is 12.1. The van der Waals surface area contributed by atoms with Crippen molar-refractivity contribution in [2.24, 2.45) is 0 Å². The second-order valence-corrected chi connectivity index (χ2v) is 8.04. The number of benzene rings is 2. The van der Waals surface area contributed by atoms with Crippen LogP contribution in [0.3, 0.4) is 0 Å². The second kappa shape index (κ2) is 9.66. The van der Waals surface area contributed by atoms with Crippen LogP contribution in [0.1, 0.15) is 27.1 Å². The third-order valence-corrected chi connectivity index (χ3v) is 5.72. The van der Waals surface area contributed by atoms with Crippen LogP contribution < -0.4 is 4.72 Å². The van der Waals surface area contributed by atoms with Gasteiger partial charge >= 0.3 is 5.97 Å². The Morgan fingerprint density at radius 2 is 1.68 bits per heavy atom. The number of Topliss-reactive ketones (excluding diaryl/α,β-unsaturated/α-hetero) is 1. The molecule has 28 heavy (non-hydrogen) atoms. The summed E-state index contributed by atoms with van der Waals surface area (Å²) in [6.07, 6.45) is 0.0382. The van der Waals surface area contributed by atoms with Crippen LogP contribution in [0.25, 0.3) is 0 Å². The van der Waals surface area contributed by atoms with Gasteiger partial charge in [-0.3, -0.25) is 4.79 Å². The Morgan fingerprint density at radius 3 is 2.29 bits per heavy atom. The highest BCUT2D eigenvalue weighted by Gasteiger charge is 2.16. The molecule has 0 aromatic heterocycles. The van der Waals surface area contributed by atoms with Gasteiger partial charge in [-0.2, -0.15) is 5.26 Å². The Hall–Kier alpha value is -2.44. The van der Waals surface area contributed by atoms with E-state index in [1.807, 2.05) is 6.07 Å². The van der Waals surface area contributed by atoms with Crippen LogP contribution in [0.2, 0.25) is 10.0 Å². The summed E-state index contributed by atoms with van der Waals surface area (Å²) < 4.78 is 31.2. The molecule has 0 saturated heterocycles. The fourth-order valence-corrected chi connectivity index (χ4v) is 3.39. The summed E-state index contributed by atoms with van der Waals surface area (Å²) in [5.41, 5.74) is 0.324. The van der Waals surface area contributed by atoms with Crippen molar-refractivity contribution in [3.8, 4) is 6.07 Å². The number of carbonyl (C=O) groups is 2. The number of nitrogens with one attached hydrogen (secondary N) is 1. The molecule has 0 radical (unpaired) electrons. The number of nitrogens with zero attached hydrogens (tertiary/aromatic N) is 1. The molecule has 0 aliphatic carbocycles. The van der Waals surface area contributed by atoms with Crippen molar-refractivity contribution in [1.82, 2.24) is 4.72 Å². The first-order chi connectivity index (χ1) is 13.2. The van der Waals surface area contributed by atoms with E-state index in [9.17, 15) is 18.0 Å². The summed E-state index contributed by atoms with van der Waals surface area (Å²) in [5, 5.41) is 8.95. The van der Waals surface area contributed by atoms with Crippen molar-refractivity contribution >= 4 is 45.0 Å². The summed E-state index contributed by atoms with van der Waals surface area (Å²) in [6, 6.07) is 11.1. The average Bonchev–Trinajstić information content (AvgIpc) is 2.68. The van der Waals surface area contributed by atoms with E-state index in [-0.39, 0.29) is 34.0 Å². The number of carbonyl (C=O) groups excluding carboxylic acids is 2. The van der Waals surface area contributed by atoms with Crippen molar-refractivity contribution in [3.63, 3.8) is 0 Å². The molecule has 0 aliphatic rings. The highest BCUT2D eigenvalue weighted by Crippen LogP contribution is 2.22. The zero-order valence-electron chi connectivity index (χ0n) is 14.3. The fraction of sp³-hybridized carbons (Fsp3) is 0.167. The minimum atomic E-state index is -3.77. The zero-order chi connectivity index (χ0) is 20.7. The third kappa shape index (κ3) is 5.78. The largest absolute Gasteiger partial charge is 0.454 e. The first-order valence-corrected chi connectivity index (χ1v) is 10.1. The van der Waals surface area contributed by atoms with Gasteiger partial charge in [-0.05, 0) is 42.5 Å². The van der Waals surface area contributed by atoms with E-state index in [0.717, 1.165) is 0 Å². The lowest BCUT2D eigenvalue weighted by molar-refractivity contribution is 0.0474. The Morgan fingerprint density at radius 1 is 1.04 bits per heavy atom. The summed E-state index contributed by atoms with van der Waals surface area (Å²) in [5.74, 6) is -1.25. The van der Waals surface area contributed by atoms with E-state index < -0.39 is 28.4 Å². The molecule has 0 spiro atoms. The molecular weight excluding hydrogens is 427 g/mol. The summed E-state index contributed by atoms with van der Waals surface area (Å²) >= 11 is 11.6. The smallest absolute Gasteiger partial charge is 0.338 e. The van der Waals surface area contributed by atoms with E-state index in [1.165, 1.54) is 42.5 Å². The van der Waals surface area contributed by atoms with Crippen molar-refractivity contribution in [2.75, 3.05) is 13.2 Å². The number of esters is 1.